The first-order valence-corrected chi connectivity index (χ1v) is 11.0. The number of aliphatic hydroxyl groups excluding tert-OH is 9. The highest BCUT2D eigenvalue weighted by Crippen LogP contribution is 2.31. The van der Waals surface area contributed by atoms with E-state index in [1.165, 1.54) is 0 Å². The maximum absolute atomic E-state index is 11.4. The summed E-state index contributed by atoms with van der Waals surface area (Å²) in [6, 6.07) is 0. The predicted molar refractivity (Wildman–Crippen MR) is 106 cm³/mol. The van der Waals surface area contributed by atoms with E-state index in [9.17, 15) is 61.0 Å². The largest absolute Gasteiger partial charge is 0.479 e. The molecule has 0 amide bonds. The molecule has 3 rings (SSSR count). The summed E-state index contributed by atoms with van der Waals surface area (Å²) in [7, 11) is 0. The summed E-state index contributed by atoms with van der Waals surface area (Å²) in [5.74, 6) is -1.66. The molecule has 0 unspecified atom stereocenters. The zero-order chi connectivity index (χ0) is 27.1. The van der Waals surface area contributed by atoms with Crippen molar-refractivity contribution in [1.82, 2.24) is 0 Å². The highest BCUT2D eigenvalue weighted by molar-refractivity contribution is 5.74. The van der Waals surface area contributed by atoms with Crippen LogP contribution in [0.2, 0.25) is 0 Å². The van der Waals surface area contributed by atoms with Crippen molar-refractivity contribution in [3.8, 4) is 0 Å². The number of aliphatic carboxylic acids is 1. The second-order valence-electron chi connectivity index (χ2n) is 9.10. The Morgan fingerprint density at radius 3 is 1.69 bits per heavy atom. The third kappa shape index (κ3) is 5.65. The molecule has 0 aromatic heterocycles. The number of ether oxygens (including phenoxy) is 5. The maximum Gasteiger partial charge on any atom is 0.336 e. The monoisotopic (exact) mass is 532 g/mol. The van der Waals surface area contributed by atoms with Gasteiger partial charge >= 0.3 is 5.97 Å². The van der Waals surface area contributed by atoms with E-state index in [0.29, 0.717) is 0 Å². The molecule has 3 heterocycles. The van der Waals surface area contributed by atoms with Crippen LogP contribution in [-0.2, 0) is 28.5 Å². The first-order chi connectivity index (χ1) is 16.7. The molecule has 0 saturated carbocycles. The van der Waals surface area contributed by atoms with Crippen molar-refractivity contribution in [2.45, 2.75) is 98.5 Å². The quantitative estimate of drug-likeness (QED) is 0.145. The van der Waals surface area contributed by atoms with Gasteiger partial charge in [0, 0.05) is 0 Å². The van der Waals surface area contributed by atoms with Gasteiger partial charge in [-0.05, 0) is 6.92 Å². The fourth-order valence-corrected chi connectivity index (χ4v) is 4.09. The van der Waals surface area contributed by atoms with Crippen LogP contribution in [0, 0.1) is 0 Å². The van der Waals surface area contributed by atoms with Gasteiger partial charge in [0.25, 0.3) is 0 Å². The van der Waals surface area contributed by atoms with E-state index < -0.39 is 111 Å². The Morgan fingerprint density at radius 2 is 1.17 bits per heavy atom. The molecule has 36 heavy (non-hydrogen) atoms. The van der Waals surface area contributed by atoms with Gasteiger partial charge in [0.1, 0.15) is 66.6 Å². The third-order valence-corrected chi connectivity index (χ3v) is 6.43. The smallest absolute Gasteiger partial charge is 0.336 e. The van der Waals surface area contributed by atoms with Gasteiger partial charge in [-0.3, -0.25) is 0 Å². The fraction of sp³-hybridized carbons (Fsp3) is 0.947. The number of carboxylic acid groups (broad SMARTS) is 1. The SMILES string of the molecule is C[C@@]1(O)[C@@H](C(=O)O)O[C@@H](OC[C@H]2O[C@@H](OC[C@H]3O[C@@H](O)[C@H](O)[C@@H](O)[C@H]3O)[C@H](O)[C@@H](O)[C@H]2O)[C@H](O)[C@H]1O. The zero-order valence-corrected chi connectivity index (χ0v) is 18.9. The second kappa shape index (κ2) is 11.3. The molecule has 0 aromatic rings. The molecule has 0 spiro atoms. The van der Waals surface area contributed by atoms with Crippen molar-refractivity contribution in [2.24, 2.45) is 0 Å². The van der Waals surface area contributed by atoms with Crippen molar-refractivity contribution in [3.63, 3.8) is 0 Å². The minimum Gasteiger partial charge on any atom is -0.479 e. The molecule has 0 aromatic carbocycles. The Hall–Kier alpha value is -1.13. The van der Waals surface area contributed by atoms with Gasteiger partial charge in [0.15, 0.2) is 25.0 Å². The van der Waals surface area contributed by atoms with Crippen LogP contribution in [0.1, 0.15) is 6.92 Å². The van der Waals surface area contributed by atoms with E-state index in [1.807, 2.05) is 0 Å². The van der Waals surface area contributed by atoms with Crippen LogP contribution in [0.15, 0.2) is 0 Å². The van der Waals surface area contributed by atoms with Crippen molar-refractivity contribution in [2.75, 3.05) is 13.2 Å². The van der Waals surface area contributed by atoms with E-state index in [-0.39, 0.29) is 0 Å². The van der Waals surface area contributed by atoms with Crippen LogP contribution >= 0.6 is 0 Å². The molecular formula is C19H32O17. The number of carboxylic acids is 1. The third-order valence-electron chi connectivity index (χ3n) is 6.43. The van der Waals surface area contributed by atoms with Gasteiger partial charge in [-0.1, -0.05) is 0 Å². The van der Waals surface area contributed by atoms with Gasteiger partial charge in [0.2, 0.25) is 0 Å². The van der Waals surface area contributed by atoms with Crippen molar-refractivity contribution < 1.29 is 84.7 Å². The Balaban J connectivity index is 1.62. The zero-order valence-electron chi connectivity index (χ0n) is 18.9. The highest BCUT2D eigenvalue weighted by atomic mass is 16.7. The second-order valence-corrected chi connectivity index (χ2v) is 9.10. The molecule has 0 aliphatic carbocycles. The van der Waals surface area contributed by atoms with Crippen LogP contribution < -0.4 is 0 Å². The van der Waals surface area contributed by atoms with E-state index in [2.05, 4.69) is 0 Å². The number of aliphatic hydroxyl groups is 10. The standard InChI is InChI=1S/C19H32O17/c1-19(31)13(27)12(26)18(36-14(19)15(28)29)33-3-5-7(21)9(23)11(25)17(35-5)32-2-4-6(20)8(22)10(24)16(30)34-4/h4-14,16-18,20-27,30-31H,2-3H2,1H3,(H,28,29)/t4-,5-,6+,7+,8+,9+,10-,11-,12-,13-,14-,16-,17-,18-,19+/m1/s1. The molecular weight excluding hydrogens is 500 g/mol. The van der Waals surface area contributed by atoms with E-state index in [1.54, 1.807) is 0 Å². The summed E-state index contributed by atoms with van der Waals surface area (Å²) < 4.78 is 25.9. The summed E-state index contributed by atoms with van der Waals surface area (Å²) in [6.45, 7) is -0.374. The molecule has 0 radical (unpaired) electrons. The van der Waals surface area contributed by atoms with Crippen molar-refractivity contribution in [3.05, 3.63) is 0 Å². The summed E-state index contributed by atoms with van der Waals surface area (Å²) in [5, 5.41) is 109. The first-order valence-electron chi connectivity index (χ1n) is 11.0. The Morgan fingerprint density at radius 1 is 0.694 bits per heavy atom. The van der Waals surface area contributed by atoms with Crippen LogP contribution in [0.4, 0.5) is 0 Å². The molecule has 11 N–H and O–H groups in total. The van der Waals surface area contributed by atoms with Crippen LogP contribution in [-0.4, -0.2) is 167 Å². The molecule has 210 valence electrons. The summed E-state index contributed by atoms with van der Waals surface area (Å²) in [4.78, 5) is 11.4. The summed E-state index contributed by atoms with van der Waals surface area (Å²) >= 11 is 0. The maximum atomic E-state index is 11.4. The van der Waals surface area contributed by atoms with Crippen LogP contribution in [0.25, 0.3) is 0 Å². The van der Waals surface area contributed by atoms with Crippen molar-refractivity contribution >= 4 is 5.97 Å². The molecule has 0 bridgehead atoms. The van der Waals surface area contributed by atoms with Gasteiger partial charge < -0.3 is 79.9 Å². The normalized spacial score (nSPS) is 52.2. The number of rotatable bonds is 7. The minimum atomic E-state index is -2.37. The Labute approximate surface area is 203 Å². The topological polar surface area (TPSA) is 286 Å². The molecule has 3 saturated heterocycles. The van der Waals surface area contributed by atoms with Gasteiger partial charge in [-0.15, -0.1) is 0 Å². The summed E-state index contributed by atoms with van der Waals surface area (Å²) in [5.41, 5.74) is -2.37. The molecule has 17 nitrogen and oxygen atoms in total. The molecule has 15 atom stereocenters. The average Bonchev–Trinajstić information content (AvgIpc) is 2.82. The minimum absolute atomic E-state index is 0.619. The van der Waals surface area contributed by atoms with E-state index >= 15 is 0 Å². The molecule has 3 aliphatic rings. The van der Waals surface area contributed by atoms with Gasteiger partial charge in [0.05, 0.1) is 13.2 Å². The summed E-state index contributed by atoms with van der Waals surface area (Å²) in [6.07, 6.45) is -24.8. The fourth-order valence-electron chi connectivity index (χ4n) is 4.09. The Kier molecular flexibility index (Phi) is 9.25. The lowest BCUT2D eigenvalue weighted by atomic mass is 9.86. The Bertz CT molecular complexity index is 751. The average molecular weight is 532 g/mol. The predicted octanol–water partition coefficient (Wildman–Crippen LogP) is -7.09. The lowest BCUT2D eigenvalue weighted by molar-refractivity contribution is -0.345. The number of hydrogen-bond acceptors (Lipinski definition) is 16. The lowest BCUT2D eigenvalue weighted by Gasteiger charge is -2.45. The highest BCUT2D eigenvalue weighted by Gasteiger charge is 2.56. The van der Waals surface area contributed by atoms with Crippen LogP contribution in [0.5, 0.6) is 0 Å². The van der Waals surface area contributed by atoms with E-state index in [0.717, 1.165) is 6.92 Å². The number of carbonyl (C=O) groups is 1. The van der Waals surface area contributed by atoms with Gasteiger partial charge in [-0.25, -0.2) is 4.79 Å². The first kappa shape index (κ1) is 29.4. The van der Waals surface area contributed by atoms with Crippen molar-refractivity contribution in [1.29, 1.82) is 0 Å². The van der Waals surface area contributed by atoms with E-state index in [4.69, 9.17) is 23.7 Å². The van der Waals surface area contributed by atoms with Crippen LogP contribution in [0.3, 0.4) is 0 Å². The number of hydrogen-bond donors (Lipinski definition) is 11. The van der Waals surface area contributed by atoms with Gasteiger partial charge in [-0.2, -0.15) is 0 Å². The lowest BCUT2D eigenvalue weighted by Crippen LogP contribution is -2.67. The molecule has 17 heteroatoms. The molecule has 3 aliphatic heterocycles. The molecule has 3 fully saturated rings.